The number of carbonyl (C=O) groups is 1. The van der Waals surface area contributed by atoms with Crippen LogP contribution in [0.1, 0.15) is 32.1 Å². The Bertz CT molecular complexity index is 211. The van der Waals surface area contributed by atoms with Gasteiger partial charge in [0.2, 0.25) is 0 Å². The summed E-state index contributed by atoms with van der Waals surface area (Å²) in [5.74, 6) is 2.77. The van der Waals surface area contributed by atoms with Gasteiger partial charge >= 0.3 is 0 Å². The van der Waals surface area contributed by atoms with E-state index >= 15 is 0 Å². The molecule has 3 heteroatoms. The summed E-state index contributed by atoms with van der Waals surface area (Å²) in [6.45, 7) is 1.30. The molecule has 78 valence electrons. The average Bonchev–Trinajstić information content (AvgIpc) is 2.68. The molecular formula is C11H16O3. The fourth-order valence-corrected chi connectivity index (χ4v) is 1.37. The van der Waals surface area contributed by atoms with Crippen LogP contribution in [0.15, 0.2) is 0 Å². The number of ketones is 1. The minimum absolute atomic E-state index is 0.161. The summed E-state index contributed by atoms with van der Waals surface area (Å²) >= 11 is 0. The predicted octanol–water partition coefficient (Wildman–Crippen LogP) is 1.51. The highest BCUT2D eigenvalue weighted by Gasteiger charge is 2.16. The number of terminal acetylenes is 1. The van der Waals surface area contributed by atoms with Crippen LogP contribution in [0, 0.1) is 12.3 Å². The van der Waals surface area contributed by atoms with Crippen LogP contribution in [0.3, 0.4) is 0 Å². The quantitative estimate of drug-likeness (QED) is 0.477. The molecule has 3 nitrogen and oxygen atoms in total. The Balaban J connectivity index is 2.00. The third kappa shape index (κ3) is 4.40. The van der Waals surface area contributed by atoms with Gasteiger partial charge in [0.25, 0.3) is 0 Å². The Morgan fingerprint density at radius 2 is 2.07 bits per heavy atom. The molecule has 14 heavy (non-hydrogen) atoms. The first-order valence-corrected chi connectivity index (χ1v) is 5.01. The second-order valence-corrected chi connectivity index (χ2v) is 3.31. The number of unbranched alkanes of at least 4 members (excludes halogenated alkanes) is 1. The lowest BCUT2D eigenvalue weighted by atomic mass is 10.1. The SMILES string of the molecule is C#CCCCC(=O)CCC1OCCO1. The molecule has 0 aromatic heterocycles. The molecule has 1 aliphatic heterocycles. The van der Waals surface area contributed by atoms with Gasteiger partial charge in [-0.05, 0) is 6.42 Å². The van der Waals surface area contributed by atoms with Crippen molar-refractivity contribution >= 4 is 5.78 Å². The van der Waals surface area contributed by atoms with Crippen LogP contribution in [0.2, 0.25) is 0 Å². The normalized spacial score (nSPS) is 16.8. The molecule has 0 unspecified atom stereocenters. The first-order valence-electron chi connectivity index (χ1n) is 5.01. The summed E-state index contributed by atoms with van der Waals surface area (Å²) < 4.78 is 10.4. The van der Waals surface area contributed by atoms with Crippen molar-refractivity contribution in [2.75, 3.05) is 13.2 Å². The first-order chi connectivity index (χ1) is 6.83. The standard InChI is InChI=1S/C11H16O3/c1-2-3-4-5-10(12)6-7-11-13-8-9-14-11/h1,11H,3-9H2. The number of rotatable bonds is 6. The van der Waals surface area contributed by atoms with E-state index in [4.69, 9.17) is 15.9 Å². The Morgan fingerprint density at radius 1 is 1.36 bits per heavy atom. The second kappa shape index (κ2) is 6.58. The van der Waals surface area contributed by atoms with Crippen molar-refractivity contribution in [3.05, 3.63) is 0 Å². The van der Waals surface area contributed by atoms with E-state index in [0.717, 1.165) is 6.42 Å². The Hall–Kier alpha value is -0.850. The van der Waals surface area contributed by atoms with E-state index in [1.165, 1.54) is 0 Å². The fourth-order valence-electron chi connectivity index (χ4n) is 1.37. The largest absolute Gasteiger partial charge is 0.350 e. The summed E-state index contributed by atoms with van der Waals surface area (Å²) in [6, 6.07) is 0. The Labute approximate surface area is 84.8 Å². The second-order valence-electron chi connectivity index (χ2n) is 3.31. The zero-order valence-corrected chi connectivity index (χ0v) is 8.33. The number of Topliss-reactive ketones (excluding diaryl/α,β-unsaturated/α-hetero) is 1. The summed E-state index contributed by atoms with van der Waals surface area (Å²) in [5.41, 5.74) is 0. The summed E-state index contributed by atoms with van der Waals surface area (Å²) in [6.07, 6.45) is 8.20. The van der Waals surface area contributed by atoms with Crippen molar-refractivity contribution in [1.82, 2.24) is 0 Å². The van der Waals surface area contributed by atoms with E-state index in [2.05, 4.69) is 5.92 Å². The molecule has 0 aromatic rings. The Morgan fingerprint density at radius 3 is 2.71 bits per heavy atom. The number of hydrogen-bond acceptors (Lipinski definition) is 3. The van der Waals surface area contributed by atoms with E-state index in [1.807, 2.05) is 0 Å². The van der Waals surface area contributed by atoms with Gasteiger partial charge < -0.3 is 9.47 Å². The van der Waals surface area contributed by atoms with Crippen molar-refractivity contribution < 1.29 is 14.3 Å². The molecule has 0 spiro atoms. The molecule has 1 rings (SSSR count). The topological polar surface area (TPSA) is 35.5 Å². The van der Waals surface area contributed by atoms with Crippen molar-refractivity contribution in [3.63, 3.8) is 0 Å². The van der Waals surface area contributed by atoms with Crippen LogP contribution in [0.5, 0.6) is 0 Å². The van der Waals surface area contributed by atoms with E-state index in [9.17, 15) is 4.79 Å². The van der Waals surface area contributed by atoms with E-state index in [-0.39, 0.29) is 12.1 Å². The molecule has 0 aromatic carbocycles. The third-order valence-corrected chi connectivity index (χ3v) is 2.13. The molecule has 0 amide bonds. The van der Waals surface area contributed by atoms with Crippen molar-refractivity contribution in [1.29, 1.82) is 0 Å². The van der Waals surface area contributed by atoms with Crippen molar-refractivity contribution in [2.24, 2.45) is 0 Å². The van der Waals surface area contributed by atoms with Gasteiger partial charge in [-0.3, -0.25) is 4.79 Å². The predicted molar refractivity (Wildman–Crippen MR) is 52.6 cm³/mol. The van der Waals surface area contributed by atoms with Crippen LogP contribution < -0.4 is 0 Å². The molecule has 1 heterocycles. The minimum atomic E-state index is -0.161. The smallest absolute Gasteiger partial charge is 0.158 e. The van der Waals surface area contributed by atoms with Crippen LogP contribution >= 0.6 is 0 Å². The average molecular weight is 196 g/mol. The molecule has 0 radical (unpaired) electrons. The molecule has 1 saturated heterocycles. The van der Waals surface area contributed by atoms with Crippen LogP contribution in [-0.2, 0) is 14.3 Å². The van der Waals surface area contributed by atoms with Crippen molar-refractivity contribution in [2.45, 2.75) is 38.4 Å². The number of ether oxygens (including phenoxy) is 2. The number of carbonyl (C=O) groups excluding carboxylic acids is 1. The highest BCUT2D eigenvalue weighted by atomic mass is 16.7. The summed E-state index contributed by atoms with van der Waals surface area (Å²) in [4.78, 5) is 11.3. The van der Waals surface area contributed by atoms with Crippen molar-refractivity contribution in [3.8, 4) is 12.3 Å². The molecule has 0 aliphatic carbocycles. The van der Waals surface area contributed by atoms with Crippen LogP contribution in [0.4, 0.5) is 0 Å². The molecule has 1 aliphatic rings. The molecule has 0 saturated carbocycles. The summed E-state index contributed by atoms with van der Waals surface area (Å²) in [5, 5.41) is 0. The van der Waals surface area contributed by atoms with Crippen LogP contribution in [-0.4, -0.2) is 25.3 Å². The minimum Gasteiger partial charge on any atom is -0.350 e. The van der Waals surface area contributed by atoms with Gasteiger partial charge in [0.15, 0.2) is 6.29 Å². The lowest BCUT2D eigenvalue weighted by Crippen LogP contribution is -2.10. The lowest BCUT2D eigenvalue weighted by molar-refractivity contribution is -0.121. The fraction of sp³-hybridized carbons (Fsp3) is 0.727. The highest BCUT2D eigenvalue weighted by Crippen LogP contribution is 2.11. The molecule has 0 atom stereocenters. The first kappa shape index (κ1) is 11.2. The van der Waals surface area contributed by atoms with E-state index in [1.54, 1.807) is 0 Å². The van der Waals surface area contributed by atoms with Gasteiger partial charge in [-0.2, -0.15) is 0 Å². The van der Waals surface area contributed by atoms with E-state index < -0.39 is 0 Å². The lowest BCUT2D eigenvalue weighted by Gasteiger charge is -2.07. The maximum atomic E-state index is 11.3. The Kier molecular flexibility index (Phi) is 5.28. The van der Waals surface area contributed by atoms with Gasteiger partial charge in [0.05, 0.1) is 13.2 Å². The number of hydrogen-bond donors (Lipinski definition) is 0. The van der Waals surface area contributed by atoms with Gasteiger partial charge in [-0.25, -0.2) is 0 Å². The zero-order valence-electron chi connectivity index (χ0n) is 8.33. The van der Waals surface area contributed by atoms with Gasteiger partial charge in [-0.15, -0.1) is 12.3 Å². The summed E-state index contributed by atoms with van der Waals surface area (Å²) in [7, 11) is 0. The molecule has 0 bridgehead atoms. The highest BCUT2D eigenvalue weighted by molar-refractivity contribution is 5.78. The van der Waals surface area contributed by atoms with Crippen LogP contribution in [0.25, 0.3) is 0 Å². The molecular weight excluding hydrogens is 180 g/mol. The zero-order chi connectivity index (χ0) is 10.2. The third-order valence-electron chi connectivity index (χ3n) is 2.13. The van der Waals surface area contributed by atoms with Gasteiger partial charge in [0.1, 0.15) is 5.78 Å². The molecule has 1 fully saturated rings. The monoisotopic (exact) mass is 196 g/mol. The maximum Gasteiger partial charge on any atom is 0.158 e. The molecule has 0 N–H and O–H groups in total. The van der Waals surface area contributed by atoms with Gasteiger partial charge in [0, 0.05) is 25.7 Å². The maximum absolute atomic E-state index is 11.3. The van der Waals surface area contributed by atoms with Gasteiger partial charge in [-0.1, -0.05) is 0 Å². The van der Waals surface area contributed by atoms with E-state index in [0.29, 0.717) is 38.9 Å².